The Morgan fingerprint density at radius 3 is 1.92 bits per heavy atom. The minimum atomic E-state index is 0.804. The van der Waals surface area contributed by atoms with E-state index >= 15 is 0 Å². The van der Waals surface area contributed by atoms with Gasteiger partial charge in [0, 0.05) is 38.2 Å². The predicted molar refractivity (Wildman–Crippen MR) is 212 cm³/mol. The van der Waals surface area contributed by atoms with Crippen molar-refractivity contribution < 1.29 is 4.42 Å². The standard InChI is InChI=1S/C47H28N4O/c1-2-11-30(12-3-1)41-28-42-38-17-5-8-19-40(38)49-47(51(42)50-41)31-23-21-29(22-24-31)32-13-10-14-33(27-32)45-44-36(34-15-4-7-18-39(34)48-45)25-26-37-35-16-6-9-20-43(35)52-46(37)44/h1-28H. The third kappa shape index (κ3) is 4.39. The average molecular weight is 665 g/mol. The average Bonchev–Trinajstić information content (AvgIpc) is 3.84. The second-order valence-corrected chi connectivity index (χ2v) is 13.2. The van der Waals surface area contributed by atoms with Gasteiger partial charge in [-0.1, -0.05) is 133 Å². The molecule has 0 aliphatic carbocycles. The molecule has 11 rings (SSSR count). The molecule has 5 nitrogen and oxygen atoms in total. The summed E-state index contributed by atoms with van der Waals surface area (Å²) in [5, 5.41) is 11.6. The summed E-state index contributed by atoms with van der Waals surface area (Å²) in [4.78, 5) is 10.4. The molecule has 4 heterocycles. The van der Waals surface area contributed by atoms with Gasteiger partial charge < -0.3 is 4.42 Å². The fraction of sp³-hybridized carbons (Fsp3) is 0. The number of hydrogen-bond donors (Lipinski definition) is 0. The molecule has 0 amide bonds. The van der Waals surface area contributed by atoms with Crippen LogP contribution in [0.15, 0.2) is 174 Å². The summed E-state index contributed by atoms with van der Waals surface area (Å²) in [5.41, 5.74) is 11.8. The van der Waals surface area contributed by atoms with Gasteiger partial charge in [-0.25, -0.2) is 14.5 Å². The van der Waals surface area contributed by atoms with E-state index in [9.17, 15) is 0 Å². The van der Waals surface area contributed by atoms with Crippen molar-refractivity contribution in [2.24, 2.45) is 0 Å². The van der Waals surface area contributed by atoms with E-state index in [1.54, 1.807) is 0 Å². The Morgan fingerprint density at radius 2 is 1.08 bits per heavy atom. The van der Waals surface area contributed by atoms with E-state index in [4.69, 9.17) is 19.5 Å². The predicted octanol–water partition coefficient (Wildman–Crippen LogP) is 12.2. The minimum absolute atomic E-state index is 0.804. The van der Waals surface area contributed by atoms with Gasteiger partial charge in [0.1, 0.15) is 11.2 Å². The van der Waals surface area contributed by atoms with Crippen LogP contribution in [0, 0.1) is 0 Å². The Balaban J connectivity index is 1.05. The number of pyridine rings is 1. The van der Waals surface area contributed by atoms with Crippen molar-refractivity contribution in [3.05, 3.63) is 170 Å². The number of fused-ring (bicyclic) bond motifs is 10. The number of nitrogens with zero attached hydrogens (tertiary/aromatic N) is 4. The van der Waals surface area contributed by atoms with Gasteiger partial charge in [-0.2, -0.15) is 5.10 Å². The molecule has 0 saturated heterocycles. The number of furan rings is 1. The third-order valence-electron chi connectivity index (χ3n) is 10.2. The van der Waals surface area contributed by atoms with Crippen LogP contribution in [-0.2, 0) is 0 Å². The Labute approximate surface area is 298 Å². The SMILES string of the molecule is c1ccc(-c2cc3c4ccccc4nc(-c4ccc(-c5cccc(-c6nc7ccccc7c7ccc8c9ccccc9oc8c67)c5)cc4)n3n2)cc1. The van der Waals surface area contributed by atoms with Gasteiger partial charge in [-0.15, -0.1) is 0 Å². The normalized spacial score (nSPS) is 11.8. The summed E-state index contributed by atoms with van der Waals surface area (Å²) in [6, 6.07) is 59.0. The molecule has 0 unspecified atom stereocenters. The maximum Gasteiger partial charge on any atom is 0.161 e. The van der Waals surface area contributed by atoms with Crippen molar-refractivity contribution in [3.8, 4) is 45.0 Å². The summed E-state index contributed by atoms with van der Waals surface area (Å²) in [7, 11) is 0. The summed E-state index contributed by atoms with van der Waals surface area (Å²) < 4.78 is 8.56. The molecule has 0 radical (unpaired) electrons. The van der Waals surface area contributed by atoms with Crippen molar-refractivity contribution in [1.29, 1.82) is 0 Å². The maximum atomic E-state index is 6.58. The molecule has 0 fully saturated rings. The first kappa shape index (κ1) is 28.7. The monoisotopic (exact) mass is 664 g/mol. The molecule has 5 heteroatoms. The zero-order valence-electron chi connectivity index (χ0n) is 27.9. The first-order chi connectivity index (χ1) is 25.8. The zero-order chi connectivity index (χ0) is 34.2. The Bertz CT molecular complexity index is 3180. The molecule has 0 bridgehead atoms. The van der Waals surface area contributed by atoms with Crippen LogP contribution in [0.5, 0.6) is 0 Å². The van der Waals surface area contributed by atoms with Crippen LogP contribution in [-0.4, -0.2) is 19.6 Å². The molecule has 0 saturated carbocycles. The lowest BCUT2D eigenvalue weighted by Crippen LogP contribution is -1.99. The van der Waals surface area contributed by atoms with E-state index in [0.717, 1.165) is 105 Å². The van der Waals surface area contributed by atoms with Crippen LogP contribution < -0.4 is 0 Å². The Morgan fingerprint density at radius 1 is 0.423 bits per heavy atom. The number of para-hydroxylation sites is 3. The molecule has 0 aliphatic heterocycles. The number of hydrogen-bond acceptors (Lipinski definition) is 4. The molecule has 7 aromatic carbocycles. The van der Waals surface area contributed by atoms with Gasteiger partial charge >= 0.3 is 0 Å². The lowest BCUT2D eigenvalue weighted by molar-refractivity contribution is 0.672. The van der Waals surface area contributed by atoms with Crippen LogP contribution in [0.3, 0.4) is 0 Å². The summed E-state index contributed by atoms with van der Waals surface area (Å²) in [6.45, 7) is 0. The van der Waals surface area contributed by atoms with E-state index in [1.807, 2.05) is 47.0 Å². The van der Waals surface area contributed by atoms with E-state index in [1.165, 1.54) is 0 Å². The summed E-state index contributed by atoms with van der Waals surface area (Å²) >= 11 is 0. The highest BCUT2D eigenvalue weighted by molar-refractivity contribution is 6.23. The molecule has 0 spiro atoms. The van der Waals surface area contributed by atoms with Gasteiger partial charge in [0.15, 0.2) is 5.82 Å². The highest BCUT2D eigenvalue weighted by Crippen LogP contribution is 2.41. The summed E-state index contributed by atoms with van der Waals surface area (Å²) in [5.74, 6) is 0.804. The molecule has 11 aromatic rings. The molecule has 0 aliphatic rings. The maximum absolute atomic E-state index is 6.58. The van der Waals surface area contributed by atoms with Crippen molar-refractivity contribution in [2.75, 3.05) is 0 Å². The third-order valence-corrected chi connectivity index (χ3v) is 10.2. The van der Waals surface area contributed by atoms with E-state index in [2.05, 4.69) is 127 Å². The molecule has 4 aromatic heterocycles. The van der Waals surface area contributed by atoms with Gasteiger partial charge in [0.25, 0.3) is 0 Å². The molecule has 52 heavy (non-hydrogen) atoms. The van der Waals surface area contributed by atoms with Crippen molar-refractivity contribution in [1.82, 2.24) is 19.6 Å². The molecular weight excluding hydrogens is 637 g/mol. The number of benzene rings is 7. The van der Waals surface area contributed by atoms with Crippen molar-refractivity contribution in [3.63, 3.8) is 0 Å². The van der Waals surface area contributed by atoms with Crippen LogP contribution >= 0.6 is 0 Å². The second kappa shape index (κ2) is 11.2. The number of aromatic nitrogens is 4. The van der Waals surface area contributed by atoms with E-state index in [-0.39, 0.29) is 0 Å². The fourth-order valence-corrected chi connectivity index (χ4v) is 7.71. The topological polar surface area (TPSA) is 56.2 Å². The van der Waals surface area contributed by atoms with E-state index < -0.39 is 0 Å². The second-order valence-electron chi connectivity index (χ2n) is 13.2. The van der Waals surface area contributed by atoms with Crippen molar-refractivity contribution >= 4 is 60.0 Å². The molecule has 0 N–H and O–H groups in total. The van der Waals surface area contributed by atoms with Gasteiger partial charge in [0.2, 0.25) is 0 Å². The highest BCUT2D eigenvalue weighted by Gasteiger charge is 2.19. The van der Waals surface area contributed by atoms with Gasteiger partial charge in [-0.05, 0) is 52.9 Å². The van der Waals surface area contributed by atoms with Crippen LogP contribution in [0.1, 0.15) is 0 Å². The smallest absolute Gasteiger partial charge is 0.161 e. The lowest BCUT2D eigenvalue weighted by atomic mass is 9.95. The van der Waals surface area contributed by atoms with Gasteiger partial charge in [0.05, 0.1) is 33.3 Å². The van der Waals surface area contributed by atoms with E-state index in [0.29, 0.717) is 0 Å². The van der Waals surface area contributed by atoms with Crippen LogP contribution in [0.25, 0.3) is 105 Å². The molecule has 242 valence electrons. The molecular formula is C47H28N4O. The first-order valence-corrected chi connectivity index (χ1v) is 17.4. The highest BCUT2D eigenvalue weighted by atomic mass is 16.3. The van der Waals surface area contributed by atoms with Crippen LogP contribution in [0.2, 0.25) is 0 Å². The first-order valence-electron chi connectivity index (χ1n) is 17.4. The van der Waals surface area contributed by atoms with Crippen LogP contribution in [0.4, 0.5) is 0 Å². The summed E-state index contributed by atoms with van der Waals surface area (Å²) in [6.07, 6.45) is 0. The quantitative estimate of drug-likeness (QED) is 0.176. The molecule has 0 atom stereocenters. The largest absolute Gasteiger partial charge is 0.455 e. The van der Waals surface area contributed by atoms with Gasteiger partial charge in [-0.3, -0.25) is 0 Å². The fourth-order valence-electron chi connectivity index (χ4n) is 7.71. The van der Waals surface area contributed by atoms with Crippen molar-refractivity contribution in [2.45, 2.75) is 0 Å². The lowest BCUT2D eigenvalue weighted by Gasteiger charge is -2.12. The Kier molecular flexibility index (Phi) is 6.18. The zero-order valence-corrected chi connectivity index (χ0v) is 27.9. The number of rotatable bonds is 4. The minimum Gasteiger partial charge on any atom is -0.455 e. The Hall–Kier alpha value is -7.11.